The van der Waals surface area contributed by atoms with Crippen LogP contribution in [0.3, 0.4) is 0 Å². The van der Waals surface area contributed by atoms with Gasteiger partial charge in [0.1, 0.15) is 0 Å². The molecule has 0 atom stereocenters. The first-order valence-corrected chi connectivity index (χ1v) is 10.1. The van der Waals surface area contributed by atoms with E-state index in [2.05, 4.69) is 10.1 Å². The van der Waals surface area contributed by atoms with Crippen LogP contribution in [0.15, 0.2) is 57.5 Å². The molecule has 0 N–H and O–H groups in total. The van der Waals surface area contributed by atoms with Crippen LogP contribution in [0.5, 0.6) is 0 Å². The molecule has 0 spiro atoms. The van der Waals surface area contributed by atoms with Crippen molar-refractivity contribution in [3.63, 3.8) is 0 Å². The molecule has 0 aliphatic heterocycles. The van der Waals surface area contributed by atoms with E-state index in [0.29, 0.717) is 15.7 Å². The number of aromatic nitrogens is 3. The Morgan fingerprint density at radius 2 is 2.04 bits per heavy atom. The second-order valence-corrected chi connectivity index (χ2v) is 8.30. The molecule has 120 valence electrons. The molecule has 0 saturated heterocycles. The maximum Gasteiger partial charge on any atom is 0.275 e. The van der Waals surface area contributed by atoms with Crippen LogP contribution >= 0.6 is 46.0 Å². The third-order valence-electron chi connectivity index (χ3n) is 3.23. The molecule has 4 aromatic rings. The first-order valence-electron chi connectivity index (χ1n) is 7.01. The Kier molecular flexibility index (Phi) is 4.41. The standard InChI is InChI=1S/C16H10ClN3OS3/c17-10-3-5-12(6-4-10)23-9-11-8-14(21)20-16(18-11)24-15(19-20)13-2-1-7-22-13/h1-8H,9H2. The lowest BCUT2D eigenvalue weighted by Crippen LogP contribution is -2.15. The highest BCUT2D eigenvalue weighted by atomic mass is 35.5. The zero-order valence-electron chi connectivity index (χ0n) is 12.2. The molecular formula is C16H10ClN3OS3. The van der Waals surface area contributed by atoms with Crippen molar-refractivity contribution in [2.24, 2.45) is 0 Å². The van der Waals surface area contributed by atoms with Gasteiger partial charge in [-0.15, -0.1) is 23.1 Å². The summed E-state index contributed by atoms with van der Waals surface area (Å²) < 4.78 is 1.37. The van der Waals surface area contributed by atoms with Gasteiger partial charge in [-0.25, -0.2) is 4.98 Å². The normalized spacial score (nSPS) is 11.2. The van der Waals surface area contributed by atoms with Gasteiger partial charge < -0.3 is 0 Å². The lowest BCUT2D eigenvalue weighted by atomic mass is 10.4. The molecule has 8 heteroatoms. The van der Waals surface area contributed by atoms with Crippen LogP contribution in [0.2, 0.25) is 5.02 Å². The van der Waals surface area contributed by atoms with Crippen molar-refractivity contribution in [2.45, 2.75) is 10.6 Å². The van der Waals surface area contributed by atoms with Crippen LogP contribution in [-0.2, 0) is 5.75 Å². The van der Waals surface area contributed by atoms with Gasteiger partial charge in [-0.05, 0) is 35.7 Å². The quantitative estimate of drug-likeness (QED) is 0.468. The summed E-state index contributed by atoms with van der Waals surface area (Å²) in [6.45, 7) is 0. The molecule has 0 aliphatic carbocycles. The molecule has 3 aromatic heterocycles. The fraction of sp³-hybridized carbons (Fsp3) is 0.0625. The highest BCUT2D eigenvalue weighted by Crippen LogP contribution is 2.29. The molecule has 1 aromatic carbocycles. The summed E-state index contributed by atoms with van der Waals surface area (Å²) in [6, 6.07) is 13.1. The number of thioether (sulfide) groups is 1. The first kappa shape index (κ1) is 15.8. The predicted octanol–water partition coefficient (Wildman–Crippen LogP) is 4.83. The average molecular weight is 392 g/mol. The Balaban J connectivity index is 1.62. The van der Waals surface area contributed by atoms with Gasteiger partial charge in [-0.3, -0.25) is 4.79 Å². The molecule has 4 nitrogen and oxygen atoms in total. The Hall–Kier alpha value is -1.67. The van der Waals surface area contributed by atoms with E-state index in [9.17, 15) is 4.79 Å². The second kappa shape index (κ2) is 6.68. The fourth-order valence-electron chi connectivity index (χ4n) is 2.12. The highest BCUT2D eigenvalue weighted by molar-refractivity contribution is 7.98. The van der Waals surface area contributed by atoms with Crippen molar-refractivity contribution < 1.29 is 0 Å². The SMILES string of the molecule is O=c1cc(CSc2ccc(Cl)cc2)nc2sc(-c3cccs3)nn12. The summed E-state index contributed by atoms with van der Waals surface area (Å²) >= 11 is 10.5. The van der Waals surface area contributed by atoms with Gasteiger partial charge in [0.2, 0.25) is 4.96 Å². The topological polar surface area (TPSA) is 47.3 Å². The van der Waals surface area contributed by atoms with Crippen LogP contribution in [0.25, 0.3) is 14.8 Å². The monoisotopic (exact) mass is 391 g/mol. The van der Waals surface area contributed by atoms with Gasteiger partial charge in [0.25, 0.3) is 5.56 Å². The van der Waals surface area contributed by atoms with Gasteiger partial charge in [0, 0.05) is 21.7 Å². The molecule has 0 unspecified atom stereocenters. The molecule has 0 fully saturated rings. The number of rotatable bonds is 4. The molecule has 3 heterocycles. The Morgan fingerprint density at radius 1 is 1.21 bits per heavy atom. The smallest absolute Gasteiger partial charge is 0.267 e. The van der Waals surface area contributed by atoms with Crippen LogP contribution in [0.1, 0.15) is 5.69 Å². The van der Waals surface area contributed by atoms with Crippen molar-refractivity contribution >= 4 is 51.0 Å². The second-order valence-electron chi connectivity index (χ2n) is 4.91. The number of thiophene rings is 1. The Bertz CT molecular complexity index is 1040. The van der Waals surface area contributed by atoms with Crippen LogP contribution < -0.4 is 5.56 Å². The number of benzene rings is 1. The average Bonchev–Trinajstić information content (AvgIpc) is 3.23. The van der Waals surface area contributed by atoms with Gasteiger partial charge in [0.15, 0.2) is 5.01 Å². The predicted molar refractivity (Wildman–Crippen MR) is 101 cm³/mol. The Morgan fingerprint density at radius 3 is 2.79 bits per heavy atom. The van der Waals surface area contributed by atoms with Gasteiger partial charge in [-0.2, -0.15) is 9.61 Å². The summed E-state index contributed by atoms with van der Waals surface area (Å²) in [7, 11) is 0. The lowest BCUT2D eigenvalue weighted by molar-refractivity contribution is 0.893. The molecule has 4 rings (SSSR count). The largest absolute Gasteiger partial charge is 0.275 e. The van der Waals surface area contributed by atoms with Crippen LogP contribution in [0, 0.1) is 0 Å². The fourth-order valence-corrected chi connectivity index (χ4v) is 4.75. The van der Waals surface area contributed by atoms with Gasteiger partial charge >= 0.3 is 0 Å². The molecule has 0 radical (unpaired) electrons. The van der Waals surface area contributed by atoms with Crippen molar-refractivity contribution in [2.75, 3.05) is 0 Å². The minimum Gasteiger partial charge on any atom is -0.267 e. The third kappa shape index (κ3) is 3.25. The van der Waals surface area contributed by atoms with E-state index >= 15 is 0 Å². The molecule has 0 bridgehead atoms. The maximum absolute atomic E-state index is 12.3. The Labute approximate surface area is 154 Å². The minimum absolute atomic E-state index is 0.147. The van der Waals surface area contributed by atoms with Crippen LogP contribution in [-0.4, -0.2) is 14.6 Å². The lowest BCUT2D eigenvalue weighted by Gasteiger charge is -2.01. The van der Waals surface area contributed by atoms with E-state index in [-0.39, 0.29) is 5.56 Å². The van der Waals surface area contributed by atoms with E-state index in [4.69, 9.17) is 11.6 Å². The number of fused-ring (bicyclic) bond motifs is 1. The maximum atomic E-state index is 12.3. The highest BCUT2D eigenvalue weighted by Gasteiger charge is 2.11. The van der Waals surface area contributed by atoms with Crippen molar-refractivity contribution in [1.29, 1.82) is 0 Å². The molecule has 0 aliphatic rings. The van der Waals surface area contributed by atoms with Crippen molar-refractivity contribution in [3.8, 4) is 9.88 Å². The van der Waals surface area contributed by atoms with E-state index in [1.165, 1.54) is 15.9 Å². The molecule has 0 saturated carbocycles. The minimum atomic E-state index is -0.147. The summed E-state index contributed by atoms with van der Waals surface area (Å²) in [5.41, 5.74) is 0.604. The zero-order valence-corrected chi connectivity index (χ0v) is 15.4. The van der Waals surface area contributed by atoms with E-state index < -0.39 is 0 Å². The van der Waals surface area contributed by atoms with Crippen molar-refractivity contribution in [1.82, 2.24) is 14.6 Å². The number of nitrogens with zero attached hydrogens (tertiary/aromatic N) is 3. The van der Waals surface area contributed by atoms with E-state index in [1.54, 1.807) is 29.2 Å². The van der Waals surface area contributed by atoms with Crippen molar-refractivity contribution in [3.05, 3.63) is 68.9 Å². The van der Waals surface area contributed by atoms with Gasteiger partial charge in [-0.1, -0.05) is 29.0 Å². The first-order chi connectivity index (χ1) is 11.7. The summed E-state index contributed by atoms with van der Waals surface area (Å²) in [6.07, 6.45) is 0. The third-order valence-corrected chi connectivity index (χ3v) is 6.48. The van der Waals surface area contributed by atoms with E-state index in [0.717, 1.165) is 20.5 Å². The van der Waals surface area contributed by atoms with Gasteiger partial charge in [0.05, 0.1) is 10.6 Å². The summed E-state index contributed by atoms with van der Waals surface area (Å²) in [4.78, 5) is 19.6. The molecule has 0 amide bonds. The zero-order chi connectivity index (χ0) is 16.5. The number of halogens is 1. The van der Waals surface area contributed by atoms with Crippen LogP contribution in [0.4, 0.5) is 0 Å². The molecular weight excluding hydrogens is 382 g/mol. The summed E-state index contributed by atoms with van der Waals surface area (Å²) in [5, 5.41) is 7.89. The number of hydrogen-bond donors (Lipinski definition) is 0. The summed E-state index contributed by atoms with van der Waals surface area (Å²) in [5.74, 6) is 0.625. The van der Waals surface area contributed by atoms with E-state index in [1.807, 2.05) is 41.8 Å². The molecule has 24 heavy (non-hydrogen) atoms. The number of hydrogen-bond acceptors (Lipinski definition) is 6.